The number of nitrogens with zero attached hydrogens (tertiary/aromatic N) is 2. The van der Waals surface area contributed by atoms with Gasteiger partial charge in [-0.2, -0.15) is 5.10 Å². The molecule has 0 fully saturated rings. The molecule has 0 aliphatic carbocycles. The number of likely N-dealkylation sites (N-methyl/N-ethyl adjacent to an activating group) is 1. The first-order valence-corrected chi connectivity index (χ1v) is 6.89. The third-order valence-corrected chi connectivity index (χ3v) is 3.44. The minimum atomic E-state index is 0.333. The molecule has 1 N–H and O–H groups in total. The highest BCUT2D eigenvalue weighted by atomic mass is 15.2. The number of rotatable bonds is 5. The fourth-order valence-electron chi connectivity index (χ4n) is 2.45. The molecule has 102 valence electrons. The standard InChI is InChI=1S/C16H23N3/c1-5-17-16(11-14-8-9-19(4)18-14)15-10-12(2)6-7-13(15)3/h6-10,16-17H,5,11H2,1-4H3. The average Bonchev–Trinajstić information content (AvgIpc) is 2.77. The Hall–Kier alpha value is -1.61. The summed E-state index contributed by atoms with van der Waals surface area (Å²) in [5.74, 6) is 0. The lowest BCUT2D eigenvalue weighted by Crippen LogP contribution is -2.24. The second-order valence-electron chi connectivity index (χ2n) is 5.16. The Morgan fingerprint density at radius 3 is 2.68 bits per heavy atom. The maximum atomic E-state index is 4.49. The van der Waals surface area contributed by atoms with Crippen molar-refractivity contribution in [2.45, 2.75) is 33.2 Å². The molecule has 0 aliphatic heterocycles. The molecule has 3 nitrogen and oxygen atoms in total. The molecule has 1 aromatic heterocycles. The van der Waals surface area contributed by atoms with Gasteiger partial charge in [0, 0.05) is 25.7 Å². The molecule has 0 saturated carbocycles. The van der Waals surface area contributed by atoms with E-state index in [-0.39, 0.29) is 0 Å². The van der Waals surface area contributed by atoms with Crippen molar-refractivity contribution in [1.29, 1.82) is 0 Å². The van der Waals surface area contributed by atoms with Crippen LogP contribution in [0.25, 0.3) is 0 Å². The van der Waals surface area contributed by atoms with Gasteiger partial charge in [0.2, 0.25) is 0 Å². The van der Waals surface area contributed by atoms with Crippen molar-refractivity contribution in [3.8, 4) is 0 Å². The van der Waals surface area contributed by atoms with Gasteiger partial charge in [0.1, 0.15) is 0 Å². The predicted molar refractivity (Wildman–Crippen MR) is 79.2 cm³/mol. The van der Waals surface area contributed by atoms with E-state index >= 15 is 0 Å². The minimum Gasteiger partial charge on any atom is -0.310 e. The quantitative estimate of drug-likeness (QED) is 0.892. The lowest BCUT2D eigenvalue weighted by molar-refractivity contribution is 0.537. The first kappa shape index (κ1) is 13.8. The van der Waals surface area contributed by atoms with E-state index < -0.39 is 0 Å². The number of aryl methyl sites for hydroxylation is 3. The second kappa shape index (κ2) is 6.02. The maximum absolute atomic E-state index is 4.49. The minimum absolute atomic E-state index is 0.333. The largest absolute Gasteiger partial charge is 0.310 e. The molecule has 0 spiro atoms. The van der Waals surface area contributed by atoms with Crippen LogP contribution in [0.15, 0.2) is 30.5 Å². The summed E-state index contributed by atoms with van der Waals surface area (Å²) in [7, 11) is 1.96. The molecule has 0 aliphatic rings. The molecule has 1 heterocycles. The van der Waals surface area contributed by atoms with Crippen LogP contribution < -0.4 is 5.32 Å². The van der Waals surface area contributed by atoms with Crippen molar-refractivity contribution >= 4 is 0 Å². The van der Waals surface area contributed by atoms with Crippen molar-refractivity contribution < 1.29 is 0 Å². The van der Waals surface area contributed by atoms with E-state index in [0.29, 0.717) is 6.04 Å². The SMILES string of the molecule is CCNC(Cc1ccn(C)n1)c1cc(C)ccc1C. The van der Waals surface area contributed by atoms with E-state index in [1.54, 1.807) is 0 Å². The molecule has 19 heavy (non-hydrogen) atoms. The van der Waals surface area contributed by atoms with E-state index in [1.807, 2.05) is 17.9 Å². The van der Waals surface area contributed by atoms with Gasteiger partial charge in [-0.25, -0.2) is 0 Å². The number of benzene rings is 1. The van der Waals surface area contributed by atoms with Crippen LogP contribution in [0.5, 0.6) is 0 Å². The summed E-state index contributed by atoms with van der Waals surface area (Å²) >= 11 is 0. The van der Waals surface area contributed by atoms with Crippen LogP contribution in [-0.4, -0.2) is 16.3 Å². The Bertz CT molecular complexity index is 543. The fourth-order valence-corrected chi connectivity index (χ4v) is 2.45. The summed E-state index contributed by atoms with van der Waals surface area (Å²) in [5.41, 5.74) is 5.17. The first-order chi connectivity index (χ1) is 9.10. The van der Waals surface area contributed by atoms with E-state index in [1.165, 1.54) is 16.7 Å². The fraction of sp³-hybridized carbons (Fsp3) is 0.438. The van der Waals surface area contributed by atoms with Gasteiger partial charge >= 0.3 is 0 Å². The van der Waals surface area contributed by atoms with Crippen LogP contribution in [-0.2, 0) is 13.5 Å². The van der Waals surface area contributed by atoms with Gasteiger partial charge in [-0.15, -0.1) is 0 Å². The molecule has 0 amide bonds. The Balaban J connectivity index is 2.26. The molecule has 1 unspecified atom stereocenters. The first-order valence-electron chi connectivity index (χ1n) is 6.89. The summed E-state index contributed by atoms with van der Waals surface area (Å²) in [6.07, 6.45) is 2.93. The van der Waals surface area contributed by atoms with Gasteiger partial charge in [0.15, 0.2) is 0 Å². The monoisotopic (exact) mass is 257 g/mol. The van der Waals surface area contributed by atoms with Gasteiger partial charge in [0.25, 0.3) is 0 Å². The van der Waals surface area contributed by atoms with Crippen molar-refractivity contribution in [2.75, 3.05) is 6.54 Å². The number of hydrogen-bond acceptors (Lipinski definition) is 2. The van der Waals surface area contributed by atoms with Crippen molar-refractivity contribution in [3.05, 3.63) is 52.8 Å². The molecular weight excluding hydrogens is 234 g/mol. The van der Waals surface area contributed by atoms with Crippen LogP contribution in [0.4, 0.5) is 0 Å². The summed E-state index contributed by atoms with van der Waals surface area (Å²) in [5, 5.41) is 8.06. The zero-order chi connectivity index (χ0) is 13.8. The highest BCUT2D eigenvalue weighted by Gasteiger charge is 2.15. The second-order valence-corrected chi connectivity index (χ2v) is 5.16. The van der Waals surface area contributed by atoms with E-state index in [2.05, 4.69) is 55.5 Å². The van der Waals surface area contributed by atoms with Gasteiger partial charge < -0.3 is 5.32 Å². The van der Waals surface area contributed by atoms with E-state index in [0.717, 1.165) is 18.7 Å². The molecule has 3 heteroatoms. The summed E-state index contributed by atoms with van der Waals surface area (Å²) in [4.78, 5) is 0. The zero-order valence-corrected chi connectivity index (χ0v) is 12.3. The molecule has 0 bridgehead atoms. The predicted octanol–water partition coefficient (Wildman–Crippen LogP) is 2.93. The lowest BCUT2D eigenvalue weighted by Gasteiger charge is -2.20. The van der Waals surface area contributed by atoms with Gasteiger partial charge in [0.05, 0.1) is 5.69 Å². The molecule has 0 radical (unpaired) electrons. The molecule has 2 aromatic rings. The van der Waals surface area contributed by atoms with Gasteiger partial charge in [-0.1, -0.05) is 30.7 Å². The molecule has 2 rings (SSSR count). The van der Waals surface area contributed by atoms with Crippen molar-refractivity contribution in [2.24, 2.45) is 7.05 Å². The van der Waals surface area contributed by atoms with Crippen LogP contribution >= 0.6 is 0 Å². The number of nitrogens with one attached hydrogen (secondary N) is 1. The topological polar surface area (TPSA) is 29.9 Å². The van der Waals surface area contributed by atoms with Crippen LogP contribution in [0.2, 0.25) is 0 Å². The molecule has 0 saturated heterocycles. The highest BCUT2D eigenvalue weighted by Crippen LogP contribution is 2.22. The molecule has 1 aromatic carbocycles. The van der Waals surface area contributed by atoms with Gasteiger partial charge in [-0.05, 0) is 37.6 Å². The average molecular weight is 257 g/mol. The van der Waals surface area contributed by atoms with E-state index in [9.17, 15) is 0 Å². The molecular formula is C16H23N3. The third kappa shape index (κ3) is 3.44. The lowest BCUT2D eigenvalue weighted by atomic mass is 9.95. The Labute approximate surface area is 115 Å². The number of hydrogen-bond donors (Lipinski definition) is 1. The van der Waals surface area contributed by atoms with Crippen molar-refractivity contribution in [1.82, 2.24) is 15.1 Å². The van der Waals surface area contributed by atoms with Crippen LogP contribution in [0, 0.1) is 13.8 Å². The van der Waals surface area contributed by atoms with Gasteiger partial charge in [-0.3, -0.25) is 4.68 Å². The molecule has 1 atom stereocenters. The number of aromatic nitrogens is 2. The Kier molecular flexibility index (Phi) is 4.38. The Morgan fingerprint density at radius 1 is 1.26 bits per heavy atom. The smallest absolute Gasteiger partial charge is 0.0643 e. The highest BCUT2D eigenvalue weighted by molar-refractivity contribution is 5.33. The van der Waals surface area contributed by atoms with E-state index in [4.69, 9.17) is 0 Å². The summed E-state index contributed by atoms with van der Waals surface area (Å²) in [6, 6.07) is 9.08. The normalized spacial score (nSPS) is 12.6. The zero-order valence-electron chi connectivity index (χ0n) is 12.3. The maximum Gasteiger partial charge on any atom is 0.0643 e. The van der Waals surface area contributed by atoms with Crippen LogP contribution in [0.3, 0.4) is 0 Å². The Morgan fingerprint density at radius 2 is 2.05 bits per heavy atom. The van der Waals surface area contributed by atoms with Crippen molar-refractivity contribution in [3.63, 3.8) is 0 Å². The summed E-state index contributed by atoms with van der Waals surface area (Å²) in [6.45, 7) is 7.44. The summed E-state index contributed by atoms with van der Waals surface area (Å²) < 4.78 is 1.86. The van der Waals surface area contributed by atoms with Crippen LogP contribution in [0.1, 0.15) is 35.3 Å². The third-order valence-electron chi connectivity index (χ3n) is 3.44.